The molecule has 2 fully saturated rings. The van der Waals surface area contributed by atoms with Crippen molar-refractivity contribution in [2.45, 2.75) is 69.8 Å². The number of piperidine rings is 2. The number of benzene rings is 2. The first-order valence-electron chi connectivity index (χ1n) is 20.3. The van der Waals surface area contributed by atoms with Gasteiger partial charge in [0.2, 0.25) is 23.7 Å². The Balaban J connectivity index is 0.947. The molecule has 320 valence electrons. The van der Waals surface area contributed by atoms with Crippen molar-refractivity contribution in [2.75, 3.05) is 50.1 Å². The third-order valence-electron chi connectivity index (χ3n) is 11.7. The lowest BCUT2D eigenvalue weighted by Gasteiger charge is -2.42. The van der Waals surface area contributed by atoms with E-state index in [4.69, 9.17) is 4.74 Å². The molecule has 0 unspecified atom stereocenters. The molecule has 4 aromatic rings. The van der Waals surface area contributed by atoms with Gasteiger partial charge in [-0.25, -0.2) is 22.2 Å². The predicted molar refractivity (Wildman–Crippen MR) is 217 cm³/mol. The van der Waals surface area contributed by atoms with E-state index in [1.165, 1.54) is 11.9 Å². The molecule has 8 rings (SSSR count). The Bertz CT molecular complexity index is 2430. The first kappa shape index (κ1) is 41.6. The van der Waals surface area contributed by atoms with Crippen molar-refractivity contribution >= 4 is 41.0 Å². The van der Waals surface area contributed by atoms with Crippen LogP contribution in [-0.4, -0.2) is 106 Å². The Morgan fingerprint density at radius 3 is 2.54 bits per heavy atom. The van der Waals surface area contributed by atoms with Crippen molar-refractivity contribution in [3.63, 3.8) is 0 Å². The smallest absolute Gasteiger partial charge is 0.280 e. The lowest BCUT2D eigenvalue weighted by molar-refractivity contribution is -0.134. The highest BCUT2D eigenvalue weighted by Crippen LogP contribution is 2.37. The molecule has 2 aromatic heterocycles. The Hall–Kier alpha value is -6.17. The van der Waals surface area contributed by atoms with Gasteiger partial charge in [-0.3, -0.25) is 34.4 Å². The number of carbonyl (C=O) groups excluding carboxylic acids is 4. The highest BCUT2D eigenvalue weighted by Gasteiger charge is 2.48. The number of pyridine rings is 1. The van der Waals surface area contributed by atoms with E-state index in [1.54, 1.807) is 55.2 Å². The lowest BCUT2D eigenvalue weighted by Crippen LogP contribution is -2.58. The zero-order valence-corrected chi connectivity index (χ0v) is 33.9. The molecule has 0 saturated carbocycles. The number of halogens is 4. The molecule has 2 aromatic carbocycles. The number of anilines is 2. The third-order valence-corrected chi connectivity index (χ3v) is 11.7. The van der Waals surface area contributed by atoms with Gasteiger partial charge in [-0.1, -0.05) is 0 Å². The minimum Gasteiger partial charge on any atom is -0.477 e. The average Bonchev–Trinajstić information content (AvgIpc) is 3.75. The number of fused-ring (bicyclic) bond motifs is 7. The monoisotopic (exact) mass is 843 g/mol. The van der Waals surface area contributed by atoms with Gasteiger partial charge in [-0.15, -0.1) is 0 Å². The number of nitrogens with one attached hydrogen (secondary N) is 2. The molecule has 4 aliphatic heterocycles. The maximum atomic E-state index is 15.9. The fraction of sp³-hybridized carbons (Fsp3) is 0.419. The quantitative estimate of drug-likeness (QED) is 0.185. The summed E-state index contributed by atoms with van der Waals surface area (Å²) >= 11 is 0. The summed E-state index contributed by atoms with van der Waals surface area (Å²) < 4.78 is 69.7. The number of aryl methyl sites for hydroxylation is 2. The van der Waals surface area contributed by atoms with Crippen LogP contribution in [0.1, 0.15) is 82.0 Å². The topological polar surface area (TPSA) is 154 Å². The number of nitrogens with zero attached hydrogens (tertiary/aromatic N) is 7. The van der Waals surface area contributed by atoms with E-state index in [0.717, 1.165) is 29.9 Å². The Morgan fingerprint density at radius 1 is 1.00 bits per heavy atom. The molecule has 14 nitrogen and oxygen atoms in total. The van der Waals surface area contributed by atoms with Crippen LogP contribution in [0.5, 0.6) is 5.88 Å². The van der Waals surface area contributed by atoms with Crippen LogP contribution in [-0.2, 0) is 23.1 Å². The van der Waals surface area contributed by atoms with Crippen LogP contribution < -0.4 is 20.3 Å². The molecule has 0 aliphatic carbocycles. The molecule has 0 spiro atoms. The van der Waals surface area contributed by atoms with Crippen LogP contribution in [0.3, 0.4) is 0 Å². The molecule has 2 atom stereocenters. The number of aliphatic imine (C=N–C) groups is 1. The largest absolute Gasteiger partial charge is 0.477 e. The second-order valence-corrected chi connectivity index (χ2v) is 16.0. The summed E-state index contributed by atoms with van der Waals surface area (Å²) in [6.45, 7) is 2.27. The number of aromatic nitrogens is 3. The normalized spacial score (nSPS) is 21.4. The summed E-state index contributed by atoms with van der Waals surface area (Å²) in [7, 11) is 3.13. The SMILES string of the molecule is Cc1cc2cc(n1)-c1cnn(C)c1OCCCCCN1/C(=N/C2=O)Nc2ccc(C(=O)N(C)[C@H]3CCN(CCc4cc(F)c([C@H]5CCC(=O)NC5=O)c(F)c4)CC3(F)F)cc21. The van der Waals surface area contributed by atoms with Gasteiger partial charge >= 0.3 is 0 Å². The van der Waals surface area contributed by atoms with Gasteiger partial charge in [0, 0.05) is 62.5 Å². The fourth-order valence-corrected chi connectivity index (χ4v) is 8.57. The van der Waals surface area contributed by atoms with E-state index in [0.29, 0.717) is 59.3 Å². The second-order valence-electron chi connectivity index (χ2n) is 16.0. The van der Waals surface area contributed by atoms with E-state index in [9.17, 15) is 19.2 Å². The van der Waals surface area contributed by atoms with Crippen LogP contribution in [0, 0.1) is 18.6 Å². The van der Waals surface area contributed by atoms with Crippen molar-refractivity contribution in [3.05, 3.63) is 88.2 Å². The molecule has 6 heterocycles. The summed E-state index contributed by atoms with van der Waals surface area (Å²) in [5.74, 6) is -7.87. The number of hydrogen-bond donors (Lipinski definition) is 2. The van der Waals surface area contributed by atoms with Crippen LogP contribution in [0.15, 0.2) is 53.7 Å². The number of ether oxygens (including phenoxy) is 1. The van der Waals surface area contributed by atoms with E-state index in [1.807, 2.05) is 4.90 Å². The fourth-order valence-electron chi connectivity index (χ4n) is 8.57. The summed E-state index contributed by atoms with van der Waals surface area (Å²) in [5.41, 5.74) is 3.29. The van der Waals surface area contributed by atoms with E-state index in [2.05, 4.69) is 25.7 Å². The number of imide groups is 1. The number of rotatable bonds is 6. The number of alkyl halides is 2. The van der Waals surface area contributed by atoms with Crippen molar-refractivity contribution in [1.29, 1.82) is 0 Å². The van der Waals surface area contributed by atoms with E-state index < -0.39 is 65.3 Å². The Morgan fingerprint density at radius 2 is 1.79 bits per heavy atom. The lowest BCUT2D eigenvalue weighted by atomic mass is 9.89. The van der Waals surface area contributed by atoms with Gasteiger partial charge in [0.15, 0.2) is 0 Å². The minimum absolute atomic E-state index is 0.0154. The number of hydrogen-bond acceptors (Lipinski definition) is 10. The highest BCUT2D eigenvalue weighted by molar-refractivity contribution is 6.19. The molecular weight excluding hydrogens is 799 g/mol. The van der Waals surface area contributed by atoms with Crippen molar-refractivity contribution in [2.24, 2.45) is 12.0 Å². The molecular formula is C43H45F4N9O5. The molecule has 2 bridgehead atoms. The molecule has 4 aliphatic rings. The first-order valence-corrected chi connectivity index (χ1v) is 20.3. The molecule has 0 radical (unpaired) electrons. The summed E-state index contributed by atoms with van der Waals surface area (Å²) in [6.07, 6.45) is 3.80. The molecule has 2 N–H and O–H groups in total. The van der Waals surface area contributed by atoms with Gasteiger partial charge in [0.25, 0.3) is 17.7 Å². The highest BCUT2D eigenvalue weighted by atomic mass is 19.3. The average molecular weight is 844 g/mol. The third kappa shape index (κ3) is 8.45. The van der Waals surface area contributed by atoms with Gasteiger partial charge in [0.1, 0.15) is 11.6 Å². The Labute approximate surface area is 348 Å². The van der Waals surface area contributed by atoms with Crippen LogP contribution in [0.2, 0.25) is 0 Å². The number of amides is 4. The van der Waals surface area contributed by atoms with Gasteiger partial charge in [-0.2, -0.15) is 10.1 Å². The zero-order valence-electron chi connectivity index (χ0n) is 33.9. The van der Waals surface area contributed by atoms with Crippen molar-refractivity contribution in [3.8, 4) is 17.1 Å². The van der Waals surface area contributed by atoms with Crippen LogP contribution in [0.25, 0.3) is 11.3 Å². The molecule has 4 amide bonds. The number of likely N-dealkylation sites (tertiary alicyclic amines) is 1. The minimum atomic E-state index is -3.31. The van der Waals surface area contributed by atoms with Crippen molar-refractivity contribution < 1.29 is 41.5 Å². The van der Waals surface area contributed by atoms with Gasteiger partial charge in [-0.05, 0) is 93.5 Å². The van der Waals surface area contributed by atoms with Gasteiger partial charge < -0.3 is 19.9 Å². The van der Waals surface area contributed by atoms with Crippen LogP contribution >= 0.6 is 0 Å². The Kier molecular flexibility index (Phi) is 11.4. The second kappa shape index (κ2) is 16.7. The molecule has 61 heavy (non-hydrogen) atoms. The van der Waals surface area contributed by atoms with E-state index in [-0.39, 0.29) is 55.9 Å². The summed E-state index contributed by atoms with van der Waals surface area (Å²) in [5, 5.41) is 9.65. The van der Waals surface area contributed by atoms with E-state index >= 15 is 17.6 Å². The first-order chi connectivity index (χ1) is 29.2. The van der Waals surface area contributed by atoms with Crippen molar-refractivity contribution in [1.82, 2.24) is 29.9 Å². The van der Waals surface area contributed by atoms with Gasteiger partial charge in [0.05, 0.1) is 53.9 Å². The maximum Gasteiger partial charge on any atom is 0.280 e. The number of carbonyl (C=O) groups is 4. The summed E-state index contributed by atoms with van der Waals surface area (Å²) in [4.78, 5) is 64.9. The predicted octanol–water partition coefficient (Wildman–Crippen LogP) is 5.60. The molecule has 2 saturated heterocycles. The number of guanidine groups is 1. The molecule has 18 heteroatoms. The summed E-state index contributed by atoms with van der Waals surface area (Å²) in [6, 6.07) is 8.93. The zero-order chi connectivity index (χ0) is 43.2. The standard InChI is InChI=1S/C43H45F4N9O5/c1-24-17-27-20-33(49-24)29-22-48-54(3)41(29)61-16-6-4-5-13-56-34-21-26(7-9-32(34)50-42(56)52-38(27)58)40(60)53(2)35-12-15-55(23-43(35,46)47)14-11-25-18-30(44)37(31(45)19-25)28-8-10-36(57)51-39(28)59/h7,9,17-22,28,35H,4-6,8,10-16,23H2,1-3H3,(H,50,52,58)(H,51,57,59)/t28-,35+/m1/s1. The van der Waals surface area contributed by atoms with Crippen LogP contribution in [0.4, 0.5) is 28.9 Å². The maximum absolute atomic E-state index is 15.9.